The van der Waals surface area contributed by atoms with Gasteiger partial charge >= 0.3 is 6.09 Å². The normalized spacial score (nSPS) is 31.1. The maximum atomic E-state index is 13.7. The highest BCUT2D eigenvalue weighted by Crippen LogP contribution is 2.52. The Morgan fingerprint density at radius 1 is 0.979 bits per heavy atom. The van der Waals surface area contributed by atoms with Crippen LogP contribution in [0.1, 0.15) is 103 Å². The third kappa shape index (κ3) is 10.5. The minimum absolute atomic E-state index is 0.0119. The standard InChI is InChI=1S/C37H59N3O8/c1-35(2,3)47-34(42)39-15-5-14-38-33(41)37-24-27(23-32(26-37)48-43)22-31(25-37)46-36(4)12-10-29(11-13-36)28-6-8-30(9-7-28)45-21-18-40-16-19-44-20-17-40/h6-9,27,29,31-32,43H,5,10-26H2,1-4H3,(H,38,41)(H,39,42)/t27?,29-,31?,32?,36-,37?. The van der Waals surface area contributed by atoms with Crippen LogP contribution in [0.2, 0.25) is 0 Å². The lowest BCUT2D eigenvalue weighted by Gasteiger charge is -2.51. The van der Waals surface area contributed by atoms with Gasteiger partial charge in [-0.2, -0.15) is 0 Å². The highest BCUT2D eigenvalue weighted by Gasteiger charge is 2.52. The maximum Gasteiger partial charge on any atom is 0.407 e. The second kappa shape index (κ2) is 16.5. The number of alkyl carbamates (subject to hydrolysis) is 1. The molecule has 0 spiro atoms. The summed E-state index contributed by atoms with van der Waals surface area (Å²) in [7, 11) is 0. The molecule has 11 nitrogen and oxygen atoms in total. The monoisotopic (exact) mass is 673 g/mol. The number of carbonyl (C=O) groups is 2. The van der Waals surface area contributed by atoms with Gasteiger partial charge in [0.15, 0.2) is 0 Å². The van der Waals surface area contributed by atoms with E-state index in [1.54, 1.807) is 0 Å². The van der Waals surface area contributed by atoms with E-state index in [4.69, 9.17) is 23.8 Å². The van der Waals surface area contributed by atoms with Gasteiger partial charge in [-0.15, -0.1) is 0 Å². The molecule has 1 aromatic rings. The highest BCUT2D eigenvalue weighted by molar-refractivity contribution is 5.83. The van der Waals surface area contributed by atoms with E-state index in [1.807, 2.05) is 20.8 Å². The first-order valence-corrected chi connectivity index (χ1v) is 18.2. The zero-order valence-corrected chi connectivity index (χ0v) is 29.6. The van der Waals surface area contributed by atoms with Crippen molar-refractivity contribution in [3.63, 3.8) is 0 Å². The van der Waals surface area contributed by atoms with Crippen molar-refractivity contribution >= 4 is 12.0 Å². The van der Waals surface area contributed by atoms with E-state index in [2.05, 4.69) is 46.7 Å². The van der Waals surface area contributed by atoms with Crippen LogP contribution in [0, 0.1) is 11.3 Å². The van der Waals surface area contributed by atoms with Gasteiger partial charge in [0.1, 0.15) is 18.0 Å². The van der Waals surface area contributed by atoms with Crippen molar-refractivity contribution in [1.29, 1.82) is 0 Å². The molecule has 4 aliphatic rings. The minimum atomic E-state index is -0.641. The molecular formula is C37H59N3O8. The highest BCUT2D eigenvalue weighted by atomic mass is 17.1. The summed E-state index contributed by atoms with van der Waals surface area (Å²) in [5.74, 6) is 1.66. The number of hydrogen-bond donors (Lipinski definition) is 3. The largest absolute Gasteiger partial charge is 0.492 e. The van der Waals surface area contributed by atoms with E-state index in [-0.39, 0.29) is 29.6 Å². The van der Waals surface area contributed by atoms with E-state index in [0.29, 0.717) is 44.9 Å². The van der Waals surface area contributed by atoms with Crippen LogP contribution >= 0.6 is 0 Å². The first-order valence-electron chi connectivity index (χ1n) is 18.2. The second-order valence-electron chi connectivity index (χ2n) is 15.8. The van der Waals surface area contributed by atoms with E-state index >= 15 is 0 Å². The maximum absolute atomic E-state index is 13.7. The lowest BCUT2D eigenvalue weighted by molar-refractivity contribution is -0.298. The third-order valence-corrected chi connectivity index (χ3v) is 10.7. The number of benzene rings is 1. The lowest BCUT2D eigenvalue weighted by Crippen LogP contribution is -2.54. The molecule has 0 aromatic heterocycles. The molecule has 4 unspecified atom stereocenters. The molecule has 4 atom stereocenters. The molecule has 3 saturated carbocycles. The Morgan fingerprint density at radius 2 is 1.65 bits per heavy atom. The van der Waals surface area contributed by atoms with Crippen LogP contribution in [0.3, 0.4) is 0 Å². The van der Waals surface area contributed by atoms with Gasteiger partial charge < -0.3 is 29.6 Å². The summed E-state index contributed by atoms with van der Waals surface area (Å²) in [6.45, 7) is 13.7. The van der Waals surface area contributed by atoms with Crippen molar-refractivity contribution in [2.75, 3.05) is 52.5 Å². The molecule has 270 valence electrons. The molecule has 1 heterocycles. The van der Waals surface area contributed by atoms with Gasteiger partial charge in [0, 0.05) is 32.7 Å². The fourth-order valence-corrected chi connectivity index (χ4v) is 8.31. The Kier molecular flexibility index (Phi) is 12.7. The molecule has 1 saturated heterocycles. The van der Waals surface area contributed by atoms with Gasteiger partial charge in [-0.05, 0) is 121 Å². The van der Waals surface area contributed by atoms with Crippen molar-refractivity contribution in [2.45, 2.75) is 121 Å². The summed E-state index contributed by atoms with van der Waals surface area (Å²) >= 11 is 0. The number of nitrogens with zero attached hydrogens (tertiary/aromatic N) is 1. The fraction of sp³-hybridized carbons (Fsp3) is 0.784. The van der Waals surface area contributed by atoms with Gasteiger partial charge in [0.2, 0.25) is 5.91 Å². The molecule has 5 rings (SSSR count). The Bertz CT molecular complexity index is 1180. The van der Waals surface area contributed by atoms with E-state index in [0.717, 1.165) is 83.5 Å². The number of rotatable bonds is 13. The Labute approximate surface area is 286 Å². The first-order chi connectivity index (χ1) is 22.9. The van der Waals surface area contributed by atoms with Crippen molar-refractivity contribution in [2.24, 2.45) is 11.3 Å². The molecule has 2 amide bonds. The smallest absolute Gasteiger partial charge is 0.407 e. The number of hydrogen-bond acceptors (Lipinski definition) is 9. The topological polar surface area (TPSA) is 128 Å². The molecule has 48 heavy (non-hydrogen) atoms. The number of carbonyl (C=O) groups excluding carboxylic acids is 2. The van der Waals surface area contributed by atoms with Gasteiger partial charge in [0.05, 0.1) is 36.4 Å². The predicted molar refractivity (Wildman–Crippen MR) is 182 cm³/mol. The van der Waals surface area contributed by atoms with Gasteiger partial charge in [-0.25, -0.2) is 9.68 Å². The average Bonchev–Trinajstić information content (AvgIpc) is 3.04. The molecule has 0 radical (unpaired) electrons. The van der Waals surface area contributed by atoms with E-state index in [9.17, 15) is 14.8 Å². The third-order valence-electron chi connectivity index (χ3n) is 10.7. The molecule has 1 aliphatic heterocycles. The van der Waals surface area contributed by atoms with Crippen molar-refractivity contribution in [1.82, 2.24) is 15.5 Å². The molecule has 2 bridgehead atoms. The van der Waals surface area contributed by atoms with Crippen LogP contribution < -0.4 is 15.4 Å². The van der Waals surface area contributed by atoms with Crippen LogP contribution in [0.15, 0.2) is 24.3 Å². The number of amides is 2. The minimum Gasteiger partial charge on any atom is -0.492 e. The summed E-state index contributed by atoms with van der Waals surface area (Å²) in [6, 6.07) is 8.64. The quantitative estimate of drug-likeness (QED) is 0.138. The van der Waals surface area contributed by atoms with E-state index in [1.165, 1.54) is 5.56 Å². The van der Waals surface area contributed by atoms with Gasteiger partial charge in [0.25, 0.3) is 0 Å². The molecule has 11 heteroatoms. The predicted octanol–water partition coefficient (Wildman–Crippen LogP) is 5.67. The summed E-state index contributed by atoms with van der Waals surface area (Å²) in [6.07, 6.45) is 7.33. The zero-order chi connectivity index (χ0) is 34.2. The molecule has 3 aliphatic carbocycles. The average molecular weight is 674 g/mol. The Balaban J connectivity index is 1.08. The van der Waals surface area contributed by atoms with Crippen LogP contribution in [0.4, 0.5) is 4.79 Å². The molecular weight excluding hydrogens is 614 g/mol. The Hall–Kier alpha value is -2.44. The van der Waals surface area contributed by atoms with Crippen LogP contribution in [-0.2, 0) is 23.9 Å². The van der Waals surface area contributed by atoms with Crippen LogP contribution in [0.25, 0.3) is 0 Å². The van der Waals surface area contributed by atoms with Gasteiger partial charge in [-0.1, -0.05) is 12.1 Å². The van der Waals surface area contributed by atoms with E-state index < -0.39 is 17.1 Å². The Morgan fingerprint density at radius 3 is 2.33 bits per heavy atom. The molecule has 3 N–H and O–H groups in total. The summed E-state index contributed by atoms with van der Waals surface area (Å²) in [4.78, 5) is 32.9. The van der Waals surface area contributed by atoms with Crippen molar-refractivity contribution in [3.8, 4) is 5.75 Å². The lowest BCUT2D eigenvalue weighted by atomic mass is 9.59. The zero-order valence-electron chi connectivity index (χ0n) is 29.6. The molecule has 1 aromatic carbocycles. The van der Waals surface area contributed by atoms with Crippen molar-refractivity contribution < 1.29 is 38.7 Å². The summed E-state index contributed by atoms with van der Waals surface area (Å²) in [5.41, 5.74) is -0.0661. The first kappa shape index (κ1) is 36.8. The number of morpholine rings is 1. The van der Waals surface area contributed by atoms with Crippen molar-refractivity contribution in [3.05, 3.63) is 29.8 Å². The molecule has 4 fully saturated rings. The number of nitrogens with one attached hydrogen (secondary N) is 2. The number of ether oxygens (including phenoxy) is 4. The number of fused-ring (bicyclic) bond motifs is 2. The fourth-order valence-electron chi connectivity index (χ4n) is 8.31. The van der Waals surface area contributed by atoms with Crippen LogP contribution in [0.5, 0.6) is 5.75 Å². The van der Waals surface area contributed by atoms with Crippen LogP contribution in [-0.4, -0.2) is 98.1 Å². The van der Waals surface area contributed by atoms with Gasteiger partial charge in [-0.3, -0.25) is 15.0 Å². The second-order valence-corrected chi connectivity index (χ2v) is 15.8. The SMILES string of the molecule is CC(C)(C)OC(=O)NCCCNC(=O)C12CC(CC(OO)C1)CC(O[C@]1(C)CC[C@@H](c3ccc(OCCN4CCOCC4)cc3)CC1)C2. The summed E-state index contributed by atoms with van der Waals surface area (Å²) in [5, 5.41) is 15.4. The summed E-state index contributed by atoms with van der Waals surface area (Å²) < 4.78 is 23.7.